The van der Waals surface area contributed by atoms with Crippen LogP contribution >= 0.6 is 0 Å². The van der Waals surface area contributed by atoms with E-state index in [0.717, 1.165) is 25.5 Å². The molecule has 0 bridgehead atoms. The first-order valence-corrected chi connectivity index (χ1v) is 7.26. The summed E-state index contributed by atoms with van der Waals surface area (Å²) in [5, 5.41) is 2.92. The highest BCUT2D eigenvalue weighted by Gasteiger charge is 2.09. The summed E-state index contributed by atoms with van der Waals surface area (Å²) in [4.78, 5) is 7.85. The number of nitrogens with one attached hydrogen (secondary N) is 1. The molecule has 1 aromatic heterocycles. The first kappa shape index (κ1) is 15.2. The molecule has 4 nitrogen and oxygen atoms in total. The van der Waals surface area contributed by atoms with Crippen LogP contribution in [0.3, 0.4) is 0 Å². The smallest absolute Gasteiger partial charge is 0.260 e. The van der Waals surface area contributed by atoms with E-state index in [4.69, 9.17) is 4.74 Å². The maximum absolute atomic E-state index is 13.7. The van der Waals surface area contributed by atoms with Gasteiger partial charge in [0.15, 0.2) is 0 Å². The summed E-state index contributed by atoms with van der Waals surface area (Å²) < 4.78 is 19.2. The second kappa shape index (κ2) is 7.57. The van der Waals surface area contributed by atoms with Crippen LogP contribution in [0.15, 0.2) is 30.5 Å². The lowest BCUT2D eigenvalue weighted by Gasteiger charge is -2.08. The monoisotopic (exact) mass is 289 g/mol. The Morgan fingerprint density at radius 3 is 2.62 bits per heavy atom. The summed E-state index contributed by atoms with van der Waals surface area (Å²) in [6, 6.07) is 7.66. The second-order valence-corrected chi connectivity index (χ2v) is 4.73. The van der Waals surface area contributed by atoms with Gasteiger partial charge < -0.3 is 10.1 Å². The largest absolute Gasteiger partial charge is 0.436 e. The Morgan fingerprint density at radius 1 is 1.19 bits per heavy atom. The fraction of sp³-hybridized carbons (Fsp3) is 0.375. The van der Waals surface area contributed by atoms with Crippen LogP contribution in [0.5, 0.6) is 11.6 Å². The molecule has 2 rings (SSSR count). The van der Waals surface area contributed by atoms with E-state index in [1.165, 1.54) is 5.56 Å². The number of ether oxygens (including phenoxy) is 1. The number of halogens is 1. The highest BCUT2D eigenvalue weighted by Crippen LogP contribution is 2.23. The summed E-state index contributed by atoms with van der Waals surface area (Å²) in [7, 11) is 0. The maximum Gasteiger partial charge on any atom is 0.260 e. The quantitative estimate of drug-likeness (QED) is 0.830. The van der Waals surface area contributed by atoms with Gasteiger partial charge in [-0.2, -0.15) is 9.37 Å². The summed E-state index contributed by atoms with van der Waals surface area (Å²) >= 11 is 0. The van der Waals surface area contributed by atoms with Crippen molar-refractivity contribution >= 4 is 5.95 Å². The van der Waals surface area contributed by atoms with Gasteiger partial charge in [0.25, 0.3) is 5.88 Å². The minimum absolute atomic E-state index is 0.0674. The van der Waals surface area contributed by atoms with E-state index in [9.17, 15) is 4.39 Å². The predicted octanol–water partition coefficient (Wildman–Crippen LogP) is 4.18. The normalized spacial score (nSPS) is 10.4. The number of hydrogen-bond donors (Lipinski definition) is 1. The molecule has 0 saturated carbocycles. The van der Waals surface area contributed by atoms with Gasteiger partial charge in [-0.3, -0.25) is 0 Å². The minimum atomic E-state index is -0.577. The summed E-state index contributed by atoms with van der Waals surface area (Å²) in [6.45, 7) is 4.75. The zero-order chi connectivity index (χ0) is 15.1. The molecule has 0 aliphatic rings. The van der Waals surface area contributed by atoms with Gasteiger partial charge in [0.2, 0.25) is 11.8 Å². The third-order valence-corrected chi connectivity index (χ3v) is 3.00. The average Bonchev–Trinajstić information content (AvgIpc) is 2.50. The molecule has 0 unspecified atom stereocenters. The third-order valence-electron chi connectivity index (χ3n) is 3.00. The predicted molar refractivity (Wildman–Crippen MR) is 81.3 cm³/mol. The molecule has 21 heavy (non-hydrogen) atoms. The molecule has 0 aliphatic carbocycles. The number of aromatic nitrogens is 2. The van der Waals surface area contributed by atoms with Crippen molar-refractivity contribution in [1.29, 1.82) is 0 Å². The molecule has 0 atom stereocenters. The lowest BCUT2D eigenvalue weighted by Crippen LogP contribution is -2.04. The Morgan fingerprint density at radius 2 is 1.95 bits per heavy atom. The van der Waals surface area contributed by atoms with Gasteiger partial charge in [-0.25, -0.2) is 4.98 Å². The first-order chi connectivity index (χ1) is 10.2. The topological polar surface area (TPSA) is 47.0 Å². The Kier molecular flexibility index (Phi) is 5.49. The standard InChI is InChI=1S/C16H20FN3O/c1-3-5-6-12-7-9-13(10-8-12)21-15-14(17)11-19-16(20-15)18-4-2/h7-11H,3-6H2,1-2H3,(H,18,19,20). The van der Waals surface area contributed by atoms with E-state index in [1.807, 2.05) is 31.2 Å². The maximum atomic E-state index is 13.7. The molecule has 1 aromatic carbocycles. The number of hydrogen-bond acceptors (Lipinski definition) is 4. The Bertz CT molecular complexity index is 572. The highest BCUT2D eigenvalue weighted by molar-refractivity contribution is 5.33. The van der Waals surface area contributed by atoms with Gasteiger partial charge in [-0.1, -0.05) is 25.5 Å². The van der Waals surface area contributed by atoms with Gasteiger partial charge in [0.05, 0.1) is 6.20 Å². The third kappa shape index (κ3) is 4.41. The van der Waals surface area contributed by atoms with Crippen LogP contribution in [-0.2, 0) is 6.42 Å². The molecule has 0 saturated heterocycles. The molecular weight excluding hydrogens is 269 g/mol. The van der Waals surface area contributed by atoms with Crippen molar-refractivity contribution < 1.29 is 9.13 Å². The number of rotatable bonds is 7. The minimum Gasteiger partial charge on any atom is -0.436 e. The molecule has 1 N–H and O–H groups in total. The highest BCUT2D eigenvalue weighted by atomic mass is 19.1. The van der Waals surface area contributed by atoms with Crippen molar-refractivity contribution in [1.82, 2.24) is 9.97 Å². The van der Waals surface area contributed by atoms with E-state index >= 15 is 0 Å². The number of anilines is 1. The molecule has 0 radical (unpaired) electrons. The fourth-order valence-electron chi connectivity index (χ4n) is 1.88. The van der Waals surface area contributed by atoms with Crippen LogP contribution in [0.2, 0.25) is 0 Å². The number of nitrogens with zero attached hydrogens (tertiary/aromatic N) is 2. The van der Waals surface area contributed by atoms with Crippen LogP contribution in [0.4, 0.5) is 10.3 Å². The molecule has 5 heteroatoms. The zero-order valence-corrected chi connectivity index (χ0v) is 12.4. The summed E-state index contributed by atoms with van der Waals surface area (Å²) in [5.41, 5.74) is 1.25. The average molecular weight is 289 g/mol. The van der Waals surface area contributed by atoms with Gasteiger partial charge in [0, 0.05) is 6.54 Å². The Hall–Kier alpha value is -2.17. The van der Waals surface area contributed by atoms with Crippen molar-refractivity contribution in [2.45, 2.75) is 33.1 Å². The molecule has 0 amide bonds. The van der Waals surface area contributed by atoms with Crippen molar-refractivity contribution in [2.24, 2.45) is 0 Å². The van der Waals surface area contributed by atoms with E-state index in [2.05, 4.69) is 22.2 Å². The zero-order valence-electron chi connectivity index (χ0n) is 12.4. The molecule has 1 heterocycles. The number of benzene rings is 1. The van der Waals surface area contributed by atoms with Crippen molar-refractivity contribution in [3.8, 4) is 11.6 Å². The Balaban J connectivity index is 2.08. The van der Waals surface area contributed by atoms with E-state index < -0.39 is 5.82 Å². The lowest BCUT2D eigenvalue weighted by atomic mass is 10.1. The number of unbranched alkanes of at least 4 members (excludes halogenated alkanes) is 1. The van der Waals surface area contributed by atoms with Crippen LogP contribution in [0, 0.1) is 5.82 Å². The fourth-order valence-corrected chi connectivity index (χ4v) is 1.88. The van der Waals surface area contributed by atoms with Crippen LogP contribution in [-0.4, -0.2) is 16.5 Å². The second-order valence-electron chi connectivity index (χ2n) is 4.73. The van der Waals surface area contributed by atoms with Gasteiger partial charge in [0.1, 0.15) is 5.75 Å². The van der Waals surface area contributed by atoms with Crippen molar-refractivity contribution in [3.63, 3.8) is 0 Å². The summed E-state index contributed by atoms with van der Waals surface area (Å²) in [6.07, 6.45) is 4.48. The molecule has 112 valence electrons. The molecule has 0 spiro atoms. The molecule has 0 fully saturated rings. The van der Waals surface area contributed by atoms with E-state index in [0.29, 0.717) is 18.2 Å². The molecular formula is C16H20FN3O. The van der Waals surface area contributed by atoms with Gasteiger partial charge >= 0.3 is 0 Å². The van der Waals surface area contributed by atoms with Crippen LogP contribution < -0.4 is 10.1 Å². The van der Waals surface area contributed by atoms with Crippen LogP contribution in [0.25, 0.3) is 0 Å². The van der Waals surface area contributed by atoms with E-state index in [-0.39, 0.29) is 5.88 Å². The molecule has 0 aliphatic heterocycles. The summed E-state index contributed by atoms with van der Waals surface area (Å²) in [5.74, 6) is 0.276. The lowest BCUT2D eigenvalue weighted by molar-refractivity contribution is 0.420. The molecule has 2 aromatic rings. The van der Waals surface area contributed by atoms with Crippen molar-refractivity contribution in [3.05, 3.63) is 41.8 Å². The van der Waals surface area contributed by atoms with Crippen LogP contribution in [0.1, 0.15) is 32.3 Å². The van der Waals surface area contributed by atoms with Gasteiger partial charge in [-0.05, 0) is 37.5 Å². The van der Waals surface area contributed by atoms with Crippen molar-refractivity contribution in [2.75, 3.05) is 11.9 Å². The Labute approximate surface area is 124 Å². The van der Waals surface area contributed by atoms with E-state index in [1.54, 1.807) is 0 Å². The number of aryl methyl sites for hydroxylation is 1. The SMILES string of the molecule is CCCCc1ccc(Oc2nc(NCC)ncc2F)cc1. The first-order valence-electron chi connectivity index (χ1n) is 7.26. The van der Waals surface area contributed by atoms with Gasteiger partial charge in [-0.15, -0.1) is 0 Å².